The summed E-state index contributed by atoms with van der Waals surface area (Å²) in [5.41, 5.74) is 2.55. The lowest BCUT2D eigenvalue weighted by molar-refractivity contribution is -0.122. The van der Waals surface area contributed by atoms with Crippen LogP contribution in [-0.2, 0) is 4.79 Å². The summed E-state index contributed by atoms with van der Waals surface area (Å²) in [6.07, 6.45) is 1.84. The number of ether oxygens (including phenoxy) is 1. The zero-order valence-electron chi connectivity index (χ0n) is 19.4. The highest BCUT2D eigenvalue weighted by Crippen LogP contribution is 2.36. The Labute approximate surface area is 198 Å². The van der Waals surface area contributed by atoms with Crippen LogP contribution in [0.25, 0.3) is 6.08 Å². The maximum Gasteiger partial charge on any atom is 0.335 e. The van der Waals surface area contributed by atoms with E-state index in [1.54, 1.807) is 17.0 Å². The Balaban J connectivity index is 1.96. The number of anilines is 1. The van der Waals surface area contributed by atoms with Crippen molar-refractivity contribution in [2.24, 2.45) is 4.99 Å². The number of carbonyl (C=O) groups excluding carboxylic acids is 1. The van der Waals surface area contributed by atoms with E-state index in [9.17, 15) is 14.7 Å². The van der Waals surface area contributed by atoms with Crippen LogP contribution in [0.4, 0.5) is 11.4 Å². The number of carboxylic acid groups (broad SMARTS) is 1. The van der Waals surface area contributed by atoms with Gasteiger partial charge in [0, 0.05) is 37.0 Å². The summed E-state index contributed by atoms with van der Waals surface area (Å²) in [6, 6.07) is 12.4. The number of thioether (sulfide) groups is 1. The molecule has 33 heavy (non-hydrogen) atoms. The summed E-state index contributed by atoms with van der Waals surface area (Å²) in [5.74, 6) is -0.423. The lowest BCUT2D eigenvalue weighted by atomic mass is 10.1. The van der Waals surface area contributed by atoms with Crippen LogP contribution >= 0.6 is 11.8 Å². The third-order valence-corrected chi connectivity index (χ3v) is 6.24. The van der Waals surface area contributed by atoms with Crippen molar-refractivity contribution in [3.05, 3.63) is 58.5 Å². The second-order valence-electron chi connectivity index (χ2n) is 7.24. The van der Waals surface area contributed by atoms with E-state index in [4.69, 9.17) is 4.74 Å². The molecule has 1 amide bonds. The van der Waals surface area contributed by atoms with Gasteiger partial charge in [-0.2, -0.15) is 0 Å². The van der Waals surface area contributed by atoms with E-state index in [0.29, 0.717) is 28.9 Å². The maximum atomic E-state index is 13.1. The summed E-state index contributed by atoms with van der Waals surface area (Å²) >= 11 is 1.28. The van der Waals surface area contributed by atoms with Gasteiger partial charge in [0.25, 0.3) is 5.91 Å². The Morgan fingerprint density at radius 3 is 2.55 bits per heavy atom. The first-order valence-electron chi connectivity index (χ1n) is 11.1. The van der Waals surface area contributed by atoms with Gasteiger partial charge in [-0.1, -0.05) is 6.07 Å². The fourth-order valence-electron chi connectivity index (χ4n) is 3.54. The minimum Gasteiger partial charge on any atom is -0.493 e. The Morgan fingerprint density at radius 1 is 1.15 bits per heavy atom. The maximum absolute atomic E-state index is 13.1. The zero-order valence-corrected chi connectivity index (χ0v) is 20.2. The zero-order chi connectivity index (χ0) is 24.0. The molecule has 0 saturated carbocycles. The Hall–Kier alpha value is -3.26. The predicted molar refractivity (Wildman–Crippen MR) is 135 cm³/mol. The van der Waals surface area contributed by atoms with Gasteiger partial charge in [-0.25, -0.2) is 9.79 Å². The molecule has 0 aromatic heterocycles. The minimum absolute atomic E-state index is 0.133. The van der Waals surface area contributed by atoms with Gasteiger partial charge in [0.2, 0.25) is 0 Å². The van der Waals surface area contributed by atoms with Crippen molar-refractivity contribution in [3.8, 4) is 5.75 Å². The molecular formula is C25H29N3O4S. The van der Waals surface area contributed by atoms with E-state index < -0.39 is 5.97 Å². The number of amidine groups is 1. The second-order valence-corrected chi connectivity index (χ2v) is 8.25. The van der Waals surface area contributed by atoms with Crippen LogP contribution in [-0.4, -0.2) is 53.3 Å². The third kappa shape index (κ3) is 5.57. The number of carbonyl (C=O) groups is 2. The van der Waals surface area contributed by atoms with Gasteiger partial charge < -0.3 is 14.7 Å². The molecule has 8 heteroatoms. The molecule has 0 unspecified atom stereocenters. The van der Waals surface area contributed by atoms with Crippen molar-refractivity contribution in [1.29, 1.82) is 0 Å². The monoisotopic (exact) mass is 467 g/mol. The van der Waals surface area contributed by atoms with Gasteiger partial charge in [0.05, 0.1) is 22.8 Å². The third-order valence-electron chi connectivity index (χ3n) is 5.23. The van der Waals surface area contributed by atoms with E-state index in [0.717, 1.165) is 30.1 Å². The van der Waals surface area contributed by atoms with E-state index in [1.165, 1.54) is 23.9 Å². The summed E-state index contributed by atoms with van der Waals surface area (Å²) in [4.78, 5) is 33.3. The lowest BCUT2D eigenvalue weighted by Gasteiger charge is -2.22. The number of hydrogen-bond acceptors (Lipinski definition) is 6. The normalized spacial score (nSPS) is 16.0. The van der Waals surface area contributed by atoms with Crippen LogP contribution in [0.1, 0.15) is 43.6 Å². The molecule has 174 valence electrons. The van der Waals surface area contributed by atoms with E-state index >= 15 is 0 Å². The first-order valence-corrected chi connectivity index (χ1v) is 11.9. The van der Waals surface area contributed by atoms with Gasteiger partial charge in [-0.15, -0.1) is 0 Å². The molecule has 2 aromatic carbocycles. The van der Waals surface area contributed by atoms with Crippen molar-refractivity contribution in [2.75, 3.05) is 31.1 Å². The lowest BCUT2D eigenvalue weighted by Crippen LogP contribution is -2.28. The van der Waals surface area contributed by atoms with Crippen LogP contribution < -0.4 is 9.64 Å². The first kappa shape index (κ1) is 24.4. The van der Waals surface area contributed by atoms with Crippen molar-refractivity contribution < 1.29 is 19.4 Å². The highest BCUT2D eigenvalue weighted by molar-refractivity contribution is 8.18. The van der Waals surface area contributed by atoms with Crippen LogP contribution in [0.5, 0.6) is 5.75 Å². The van der Waals surface area contributed by atoms with Crippen molar-refractivity contribution in [1.82, 2.24) is 4.90 Å². The van der Waals surface area contributed by atoms with Gasteiger partial charge >= 0.3 is 5.97 Å². The van der Waals surface area contributed by atoms with Gasteiger partial charge in [-0.3, -0.25) is 9.69 Å². The summed E-state index contributed by atoms with van der Waals surface area (Å²) in [6.45, 7) is 10.8. The molecular weight excluding hydrogens is 438 g/mol. The van der Waals surface area contributed by atoms with E-state index in [1.807, 2.05) is 38.1 Å². The second kappa shape index (κ2) is 11.0. The Bertz CT molecular complexity index is 1090. The average molecular weight is 468 g/mol. The van der Waals surface area contributed by atoms with Crippen molar-refractivity contribution in [3.63, 3.8) is 0 Å². The number of amides is 1. The molecule has 1 N–H and O–H groups in total. The topological polar surface area (TPSA) is 82.4 Å². The molecule has 0 bridgehead atoms. The van der Waals surface area contributed by atoms with E-state index in [2.05, 4.69) is 23.7 Å². The molecule has 3 rings (SSSR count). The van der Waals surface area contributed by atoms with E-state index in [-0.39, 0.29) is 11.5 Å². The summed E-state index contributed by atoms with van der Waals surface area (Å²) < 4.78 is 5.88. The largest absolute Gasteiger partial charge is 0.493 e. The van der Waals surface area contributed by atoms with Gasteiger partial charge in [0.1, 0.15) is 5.75 Å². The van der Waals surface area contributed by atoms with Gasteiger partial charge in [0.15, 0.2) is 5.17 Å². The van der Waals surface area contributed by atoms with Crippen molar-refractivity contribution in [2.45, 2.75) is 27.7 Å². The van der Waals surface area contributed by atoms with Crippen LogP contribution in [0, 0.1) is 0 Å². The van der Waals surface area contributed by atoms with Crippen LogP contribution in [0.3, 0.4) is 0 Å². The molecule has 0 atom stereocenters. The number of likely N-dealkylation sites (N-methyl/N-ethyl adjacent to an activating group) is 1. The number of nitrogens with zero attached hydrogens (tertiary/aromatic N) is 3. The SMILES string of the molecule is CCOc1cc(N(CC)CC)ccc1/C=C1\SC(=Nc2cccc(C(=O)O)c2)N(CC)C1=O. The number of rotatable bonds is 9. The highest BCUT2D eigenvalue weighted by Gasteiger charge is 2.32. The molecule has 2 aromatic rings. The number of benzene rings is 2. The smallest absolute Gasteiger partial charge is 0.335 e. The number of aromatic carboxylic acids is 1. The number of hydrogen-bond donors (Lipinski definition) is 1. The fraction of sp³-hybridized carbons (Fsp3) is 0.320. The summed E-state index contributed by atoms with van der Waals surface area (Å²) in [5, 5.41) is 9.75. The molecule has 1 aliphatic rings. The Morgan fingerprint density at radius 2 is 1.91 bits per heavy atom. The quantitative estimate of drug-likeness (QED) is 0.507. The molecule has 1 aliphatic heterocycles. The molecule has 0 aliphatic carbocycles. The van der Waals surface area contributed by atoms with Crippen molar-refractivity contribution >= 4 is 46.3 Å². The summed E-state index contributed by atoms with van der Waals surface area (Å²) in [7, 11) is 0. The standard InChI is InChI=1S/C25H29N3O4S/c1-5-27(6-2)20-13-12-17(21(16-20)32-8-4)15-22-23(29)28(7-3)25(33-22)26-19-11-9-10-18(14-19)24(30)31/h9-16H,5-8H2,1-4H3,(H,30,31)/b22-15-,26-25?. The van der Waals surface area contributed by atoms with Crippen LogP contribution in [0.15, 0.2) is 52.4 Å². The molecule has 7 nitrogen and oxygen atoms in total. The molecule has 0 radical (unpaired) electrons. The first-order chi connectivity index (χ1) is 15.9. The molecule has 0 spiro atoms. The molecule has 1 heterocycles. The fourth-order valence-corrected chi connectivity index (χ4v) is 4.59. The predicted octanol–water partition coefficient (Wildman–Crippen LogP) is 5.25. The molecule has 1 saturated heterocycles. The molecule has 1 fully saturated rings. The van der Waals surface area contributed by atoms with Crippen LogP contribution in [0.2, 0.25) is 0 Å². The highest BCUT2D eigenvalue weighted by atomic mass is 32.2. The minimum atomic E-state index is -1.02. The Kier molecular flexibility index (Phi) is 8.16. The number of aliphatic imine (C=N–C) groups is 1. The number of carboxylic acids is 1. The van der Waals surface area contributed by atoms with Gasteiger partial charge in [-0.05, 0) is 75.9 Å². The average Bonchev–Trinajstić information content (AvgIpc) is 3.10.